The number of sulfonamides is 1. The third kappa shape index (κ3) is 3.74. The van der Waals surface area contributed by atoms with Crippen LogP contribution in [0.2, 0.25) is 0 Å². The molecule has 118 valence electrons. The van der Waals surface area contributed by atoms with Gasteiger partial charge in [-0.15, -0.1) is 0 Å². The second kappa shape index (κ2) is 7.22. The van der Waals surface area contributed by atoms with Gasteiger partial charge in [0.1, 0.15) is 0 Å². The standard InChI is InChI=1S/C14H23N3O3S/c15-16-12-6-8-14(9-7-12)21(19,20)17(10-11-18)13-4-2-1-3-5-13/h6-9,13,16,18H,1-5,10-11,15H2. The lowest BCUT2D eigenvalue weighted by atomic mass is 9.95. The van der Waals surface area contributed by atoms with Crippen LogP contribution in [0.4, 0.5) is 5.69 Å². The lowest BCUT2D eigenvalue weighted by Gasteiger charge is -2.33. The van der Waals surface area contributed by atoms with Crippen LogP contribution in [0.3, 0.4) is 0 Å². The zero-order valence-corrected chi connectivity index (χ0v) is 12.8. The van der Waals surface area contributed by atoms with E-state index in [-0.39, 0.29) is 24.1 Å². The molecule has 0 aliphatic heterocycles. The Labute approximate surface area is 126 Å². The highest BCUT2D eigenvalue weighted by Crippen LogP contribution is 2.28. The molecule has 0 unspecified atom stereocenters. The predicted molar refractivity (Wildman–Crippen MR) is 82.1 cm³/mol. The summed E-state index contributed by atoms with van der Waals surface area (Å²) in [5, 5.41) is 9.23. The van der Waals surface area contributed by atoms with Crippen molar-refractivity contribution in [2.45, 2.75) is 43.0 Å². The van der Waals surface area contributed by atoms with Crippen LogP contribution in [0.1, 0.15) is 32.1 Å². The molecule has 1 aromatic carbocycles. The van der Waals surface area contributed by atoms with Crippen LogP contribution in [0.25, 0.3) is 0 Å². The largest absolute Gasteiger partial charge is 0.395 e. The van der Waals surface area contributed by atoms with Crippen LogP contribution in [0, 0.1) is 0 Å². The van der Waals surface area contributed by atoms with E-state index in [0.717, 1.165) is 32.1 Å². The molecule has 6 nitrogen and oxygen atoms in total. The summed E-state index contributed by atoms with van der Waals surface area (Å²) in [5.41, 5.74) is 3.13. The molecular weight excluding hydrogens is 290 g/mol. The molecule has 1 fully saturated rings. The minimum Gasteiger partial charge on any atom is -0.395 e. The van der Waals surface area contributed by atoms with Crippen LogP contribution < -0.4 is 11.3 Å². The fraction of sp³-hybridized carbons (Fsp3) is 0.571. The number of rotatable bonds is 6. The van der Waals surface area contributed by atoms with E-state index < -0.39 is 10.0 Å². The molecule has 7 heteroatoms. The Bertz CT molecular complexity index is 539. The molecule has 0 bridgehead atoms. The number of anilines is 1. The number of hydrogen-bond acceptors (Lipinski definition) is 5. The SMILES string of the molecule is NNc1ccc(S(=O)(=O)N(CCO)C2CCCCC2)cc1. The van der Waals surface area contributed by atoms with Crippen LogP contribution in [0.15, 0.2) is 29.2 Å². The summed E-state index contributed by atoms with van der Waals surface area (Å²) in [7, 11) is -3.58. The molecule has 1 aliphatic carbocycles. The summed E-state index contributed by atoms with van der Waals surface area (Å²) in [6, 6.07) is 6.33. The number of hydrazine groups is 1. The average molecular weight is 313 g/mol. The van der Waals surface area contributed by atoms with Gasteiger partial charge in [0.05, 0.1) is 11.5 Å². The normalized spacial score (nSPS) is 17.1. The fourth-order valence-corrected chi connectivity index (χ4v) is 4.50. The van der Waals surface area contributed by atoms with Crippen LogP contribution in [-0.4, -0.2) is 37.0 Å². The van der Waals surface area contributed by atoms with Gasteiger partial charge >= 0.3 is 0 Å². The van der Waals surface area contributed by atoms with Crippen molar-refractivity contribution in [3.63, 3.8) is 0 Å². The first-order chi connectivity index (χ1) is 10.1. The highest BCUT2D eigenvalue weighted by atomic mass is 32.2. The maximum atomic E-state index is 12.8. The average Bonchev–Trinajstić information content (AvgIpc) is 2.53. The number of nitrogens with zero attached hydrogens (tertiary/aromatic N) is 1. The summed E-state index contributed by atoms with van der Waals surface area (Å²) in [4.78, 5) is 0.237. The first-order valence-corrected chi connectivity index (χ1v) is 8.73. The van der Waals surface area contributed by atoms with Gasteiger partial charge < -0.3 is 10.5 Å². The summed E-state index contributed by atoms with van der Waals surface area (Å²) in [5.74, 6) is 5.29. The van der Waals surface area contributed by atoms with Crippen LogP contribution in [0.5, 0.6) is 0 Å². The van der Waals surface area contributed by atoms with E-state index in [9.17, 15) is 13.5 Å². The van der Waals surface area contributed by atoms with Gasteiger partial charge in [0.2, 0.25) is 10.0 Å². The number of aliphatic hydroxyl groups is 1. The second-order valence-corrected chi connectivity index (χ2v) is 7.19. The summed E-state index contributed by atoms with van der Waals surface area (Å²) < 4.78 is 27.0. The molecule has 0 atom stereocenters. The first-order valence-electron chi connectivity index (χ1n) is 7.29. The van der Waals surface area contributed by atoms with Crippen molar-refractivity contribution in [2.24, 2.45) is 5.84 Å². The van der Waals surface area contributed by atoms with Crippen molar-refractivity contribution >= 4 is 15.7 Å². The number of benzene rings is 1. The molecule has 1 aromatic rings. The molecule has 2 rings (SSSR count). The van der Waals surface area contributed by atoms with Crippen molar-refractivity contribution < 1.29 is 13.5 Å². The van der Waals surface area contributed by atoms with Gasteiger partial charge in [-0.3, -0.25) is 5.84 Å². The molecule has 1 aliphatic rings. The van der Waals surface area contributed by atoms with Crippen molar-refractivity contribution in [3.8, 4) is 0 Å². The van der Waals surface area contributed by atoms with Gasteiger partial charge in [-0.25, -0.2) is 8.42 Å². The van der Waals surface area contributed by atoms with Crippen molar-refractivity contribution in [2.75, 3.05) is 18.6 Å². The smallest absolute Gasteiger partial charge is 0.243 e. The van der Waals surface area contributed by atoms with Gasteiger partial charge in [-0.2, -0.15) is 4.31 Å². The maximum Gasteiger partial charge on any atom is 0.243 e. The second-order valence-electron chi connectivity index (χ2n) is 5.30. The van der Waals surface area contributed by atoms with Gasteiger partial charge in [-0.1, -0.05) is 19.3 Å². The number of nitrogen functional groups attached to an aromatic ring is 1. The molecule has 0 saturated heterocycles. The topological polar surface area (TPSA) is 95.7 Å². The van der Waals surface area contributed by atoms with Crippen LogP contribution >= 0.6 is 0 Å². The number of nitrogens with two attached hydrogens (primary N) is 1. The highest BCUT2D eigenvalue weighted by Gasteiger charge is 2.31. The predicted octanol–water partition coefficient (Wildman–Crippen LogP) is 1.29. The molecule has 0 amide bonds. The monoisotopic (exact) mass is 313 g/mol. The van der Waals surface area contributed by atoms with E-state index in [1.165, 1.54) is 16.4 Å². The highest BCUT2D eigenvalue weighted by molar-refractivity contribution is 7.89. The third-order valence-electron chi connectivity index (χ3n) is 3.93. The minimum atomic E-state index is -3.58. The zero-order chi connectivity index (χ0) is 15.3. The molecule has 4 N–H and O–H groups in total. The van der Waals surface area contributed by atoms with E-state index in [1.54, 1.807) is 12.1 Å². The molecule has 0 aromatic heterocycles. The van der Waals surface area contributed by atoms with Crippen molar-refractivity contribution in [1.29, 1.82) is 0 Å². The first kappa shape index (κ1) is 16.2. The van der Waals surface area contributed by atoms with E-state index in [4.69, 9.17) is 5.84 Å². The maximum absolute atomic E-state index is 12.8. The van der Waals surface area contributed by atoms with Crippen molar-refractivity contribution in [1.82, 2.24) is 4.31 Å². The summed E-state index contributed by atoms with van der Waals surface area (Å²) in [6.45, 7) is -0.0257. The quantitative estimate of drug-likeness (QED) is 0.543. The number of hydrogen-bond donors (Lipinski definition) is 3. The Morgan fingerprint density at radius 2 is 1.81 bits per heavy atom. The lowest BCUT2D eigenvalue weighted by molar-refractivity contribution is 0.199. The third-order valence-corrected chi connectivity index (χ3v) is 5.90. The van der Waals surface area contributed by atoms with Gasteiger partial charge in [-0.05, 0) is 37.1 Å². The Balaban J connectivity index is 2.27. The molecule has 21 heavy (non-hydrogen) atoms. The van der Waals surface area contributed by atoms with Gasteiger partial charge in [0.15, 0.2) is 0 Å². The molecule has 0 heterocycles. The minimum absolute atomic E-state index is 0.0109. The summed E-state index contributed by atoms with van der Waals surface area (Å²) in [6.07, 6.45) is 4.96. The van der Waals surface area contributed by atoms with Gasteiger partial charge in [0.25, 0.3) is 0 Å². The Morgan fingerprint density at radius 3 is 2.33 bits per heavy atom. The molecule has 0 radical (unpaired) electrons. The Morgan fingerprint density at radius 1 is 1.19 bits per heavy atom. The van der Waals surface area contributed by atoms with Gasteiger partial charge in [0, 0.05) is 18.3 Å². The van der Waals surface area contributed by atoms with E-state index in [1.807, 2.05) is 0 Å². The zero-order valence-electron chi connectivity index (χ0n) is 12.0. The molecular formula is C14H23N3O3S. The molecule has 0 spiro atoms. The Hall–Kier alpha value is -1.15. The fourth-order valence-electron chi connectivity index (χ4n) is 2.83. The molecule has 1 saturated carbocycles. The lowest BCUT2D eigenvalue weighted by Crippen LogP contribution is -2.43. The van der Waals surface area contributed by atoms with E-state index in [2.05, 4.69) is 5.43 Å². The van der Waals surface area contributed by atoms with Crippen molar-refractivity contribution in [3.05, 3.63) is 24.3 Å². The number of nitrogens with one attached hydrogen (secondary N) is 1. The summed E-state index contributed by atoms with van der Waals surface area (Å²) >= 11 is 0. The van der Waals surface area contributed by atoms with Crippen LogP contribution in [-0.2, 0) is 10.0 Å². The van der Waals surface area contributed by atoms with E-state index >= 15 is 0 Å². The van der Waals surface area contributed by atoms with E-state index in [0.29, 0.717) is 5.69 Å². The number of aliphatic hydroxyl groups excluding tert-OH is 1. The Kier molecular flexibility index (Phi) is 5.58.